The predicted molar refractivity (Wildman–Crippen MR) is 134 cm³/mol. The van der Waals surface area contributed by atoms with Crippen molar-refractivity contribution in [2.24, 2.45) is 0 Å². The summed E-state index contributed by atoms with van der Waals surface area (Å²) in [4.78, 5) is 28.0. The number of halogens is 1. The number of ketones is 1. The Morgan fingerprint density at radius 2 is 1.79 bits per heavy atom. The van der Waals surface area contributed by atoms with Crippen molar-refractivity contribution < 1.29 is 19.4 Å². The van der Waals surface area contributed by atoms with Gasteiger partial charge in [-0.1, -0.05) is 58.4 Å². The molecule has 0 aliphatic carbocycles. The number of hydrogen-bond acceptors (Lipinski definition) is 4. The zero-order valence-corrected chi connectivity index (χ0v) is 20.3. The summed E-state index contributed by atoms with van der Waals surface area (Å²) in [6.45, 7) is 2.35. The molecule has 1 N–H and O–H groups in total. The van der Waals surface area contributed by atoms with Gasteiger partial charge in [0.05, 0.1) is 11.6 Å². The third kappa shape index (κ3) is 4.14. The molecular weight excluding hydrogens is 494 g/mol. The van der Waals surface area contributed by atoms with Crippen molar-refractivity contribution in [2.45, 2.75) is 31.9 Å². The third-order valence-corrected chi connectivity index (χ3v) is 6.91. The van der Waals surface area contributed by atoms with Crippen LogP contribution in [0.3, 0.4) is 0 Å². The van der Waals surface area contributed by atoms with Gasteiger partial charge in [-0.25, -0.2) is 0 Å². The first-order valence-electron chi connectivity index (χ1n) is 11.3. The van der Waals surface area contributed by atoms with Crippen LogP contribution in [0.25, 0.3) is 5.76 Å². The van der Waals surface area contributed by atoms with E-state index < -0.39 is 17.7 Å². The van der Waals surface area contributed by atoms with Crippen molar-refractivity contribution in [1.29, 1.82) is 0 Å². The zero-order valence-electron chi connectivity index (χ0n) is 18.7. The molecule has 1 saturated heterocycles. The lowest BCUT2D eigenvalue weighted by Crippen LogP contribution is -2.31. The van der Waals surface area contributed by atoms with Crippen LogP contribution in [0.5, 0.6) is 5.75 Å². The van der Waals surface area contributed by atoms with Gasteiger partial charge in [0, 0.05) is 23.0 Å². The number of aliphatic hydroxyl groups excluding tert-OH is 1. The number of fused-ring (bicyclic) bond motifs is 1. The maximum absolute atomic E-state index is 13.2. The second kappa shape index (κ2) is 9.11. The van der Waals surface area contributed by atoms with E-state index in [1.165, 1.54) is 0 Å². The highest BCUT2D eigenvalue weighted by molar-refractivity contribution is 9.10. The minimum Gasteiger partial charge on any atom is -0.507 e. The summed E-state index contributed by atoms with van der Waals surface area (Å²) in [5.74, 6) is -0.625. The van der Waals surface area contributed by atoms with E-state index in [1.807, 2.05) is 73.7 Å². The van der Waals surface area contributed by atoms with Crippen LogP contribution in [0, 0.1) is 0 Å². The maximum atomic E-state index is 13.2. The molecule has 0 spiro atoms. The van der Waals surface area contributed by atoms with Crippen LogP contribution in [-0.2, 0) is 22.4 Å². The summed E-state index contributed by atoms with van der Waals surface area (Å²) in [5, 5.41) is 11.3. The minimum absolute atomic E-state index is 0.0683. The summed E-state index contributed by atoms with van der Waals surface area (Å²) in [6.07, 6.45) is 1.41. The zero-order chi connectivity index (χ0) is 23.8. The Morgan fingerprint density at radius 1 is 1.06 bits per heavy atom. The quantitative estimate of drug-likeness (QED) is 0.278. The first-order chi connectivity index (χ1) is 16.4. The number of rotatable bonds is 5. The van der Waals surface area contributed by atoms with Crippen LogP contribution in [-0.4, -0.2) is 34.3 Å². The number of Topliss-reactive ketones (excluding diaryl/α,β-unsaturated/α-hetero) is 1. The van der Waals surface area contributed by atoms with E-state index in [9.17, 15) is 14.7 Å². The first-order valence-corrected chi connectivity index (χ1v) is 12.1. The van der Waals surface area contributed by atoms with Gasteiger partial charge in [0.15, 0.2) is 0 Å². The van der Waals surface area contributed by atoms with Crippen LogP contribution in [0.2, 0.25) is 0 Å². The Labute approximate surface area is 206 Å². The number of likely N-dealkylation sites (tertiary alicyclic amines) is 1. The highest BCUT2D eigenvalue weighted by Crippen LogP contribution is 2.41. The summed E-state index contributed by atoms with van der Waals surface area (Å²) in [5.41, 5.74) is 3.46. The molecule has 1 fully saturated rings. The molecule has 3 aromatic rings. The second-order valence-corrected chi connectivity index (χ2v) is 9.65. The number of nitrogens with zero attached hydrogens (tertiary/aromatic N) is 1. The van der Waals surface area contributed by atoms with E-state index in [-0.39, 0.29) is 17.4 Å². The SMILES string of the molecule is C[C@H]1Cc2cc(C(O)=C3C(=O)C(=O)N(CCc4ccccc4)[C@H]3c3ccc(Br)cc3)ccc2O1. The highest BCUT2D eigenvalue weighted by Gasteiger charge is 2.45. The summed E-state index contributed by atoms with van der Waals surface area (Å²) in [6, 6.07) is 22.1. The Morgan fingerprint density at radius 3 is 2.53 bits per heavy atom. The molecule has 0 aromatic heterocycles. The molecule has 5 rings (SSSR count). The lowest BCUT2D eigenvalue weighted by Gasteiger charge is -2.25. The van der Waals surface area contributed by atoms with Crippen molar-refractivity contribution in [3.63, 3.8) is 0 Å². The Hall–Kier alpha value is -3.38. The van der Waals surface area contributed by atoms with Gasteiger partial charge < -0.3 is 14.7 Å². The lowest BCUT2D eigenvalue weighted by atomic mass is 9.94. The average Bonchev–Trinajstić information content (AvgIpc) is 3.34. The van der Waals surface area contributed by atoms with Crippen molar-refractivity contribution >= 4 is 33.4 Å². The number of aliphatic hydroxyl groups is 1. The molecule has 34 heavy (non-hydrogen) atoms. The topological polar surface area (TPSA) is 66.8 Å². The molecule has 1 amide bonds. The van der Waals surface area contributed by atoms with Crippen molar-refractivity contribution in [1.82, 2.24) is 4.90 Å². The fraction of sp³-hybridized carbons (Fsp3) is 0.214. The van der Waals surface area contributed by atoms with Crippen molar-refractivity contribution in [3.05, 3.63) is 105 Å². The van der Waals surface area contributed by atoms with E-state index in [0.717, 1.165) is 33.3 Å². The fourth-order valence-electron chi connectivity index (χ4n) is 4.72. The van der Waals surface area contributed by atoms with E-state index in [2.05, 4.69) is 15.9 Å². The highest BCUT2D eigenvalue weighted by atomic mass is 79.9. The Bertz CT molecular complexity index is 1280. The molecule has 2 heterocycles. The molecule has 2 aliphatic rings. The summed E-state index contributed by atoms with van der Waals surface area (Å²) < 4.78 is 6.66. The monoisotopic (exact) mass is 517 g/mol. The summed E-state index contributed by atoms with van der Waals surface area (Å²) >= 11 is 3.45. The van der Waals surface area contributed by atoms with Crippen LogP contribution in [0.4, 0.5) is 0 Å². The predicted octanol–water partition coefficient (Wildman–Crippen LogP) is 5.44. The Kier molecular flexibility index (Phi) is 6.00. The van der Waals surface area contributed by atoms with Gasteiger partial charge in [-0.05, 0) is 60.4 Å². The molecule has 5 nitrogen and oxygen atoms in total. The standard InChI is InChI=1S/C28H24BrNO4/c1-17-15-21-16-20(9-12-23(21)34-17)26(31)24-25(19-7-10-22(29)11-8-19)30(28(33)27(24)32)14-13-18-5-3-2-4-6-18/h2-12,16-17,25,31H,13-15H2,1H3/t17-,25-/m0/s1. The number of carbonyl (C=O) groups excluding carboxylic acids is 2. The number of ether oxygens (including phenoxy) is 1. The molecule has 6 heteroatoms. The normalized spacial score (nSPS) is 20.9. The molecule has 3 aromatic carbocycles. The van der Waals surface area contributed by atoms with Crippen molar-refractivity contribution in [3.8, 4) is 5.75 Å². The summed E-state index contributed by atoms with van der Waals surface area (Å²) in [7, 11) is 0. The largest absolute Gasteiger partial charge is 0.507 e. The van der Waals surface area contributed by atoms with E-state index in [0.29, 0.717) is 18.5 Å². The maximum Gasteiger partial charge on any atom is 0.295 e. The number of benzene rings is 3. The molecule has 2 atom stereocenters. The van der Waals surface area contributed by atoms with E-state index in [1.54, 1.807) is 11.0 Å². The Balaban J connectivity index is 1.57. The molecule has 0 radical (unpaired) electrons. The van der Waals surface area contributed by atoms with Gasteiger partial charge in [0.1, 0.15) is 17.6 Å². The van der Waals surface area contributed by atoms with Gasteiger partial charge in [-0.15, -0.1) is 0 Å². The van der Waals surface area contributed by atoms with Gasteiger partial charge in [0.2, 0.25) is 0 Å². The van der Waals surface area contributed by atoms with Crippen LogP contribution >= 0.6 is 15.9 Å². The molecule has 0 bridgehead atoms. The number of amides is 1. The number of hydrogen-bond donors (Lipinski definition) is 1. The van der Waals surface area contributed by atoms with Gasteiger partial charge in [0.25, 0.3) is 11.7 Å². The molecule has 2 aliphatic heterocycles. The third-order valence-electron chi connectivity index (χ3n) is 6.38. The smallest absolute Gasteiger partial charge is 0.295 e. The molecule has 0 saturated carbocycles. The van der Waals surface area contributed by atoms with Gasteiger partial charge in [-0.2, -0.15) is 0 Å². The van der Waals surface area contributed by atoms with Crippen molar-refractivity contribution in [2.75, 3.05) is 6.54 Å². The average molecular weight is 518 g/mol. The van der Waals surface area contributed by atoms with E-state index >= 15 is 0 Å². The fourth-order valence-corrected chi connectivity index (χ4v) is 4.99. The molecule has 172 valence electrons. The van der Waals surface area contributed by atoms with E-state index in [4.69, 9.17) is 4.74 Å². The van der Waals surface area contributed by atoms with Gasteiger partial charge >= 0.3 is 0 Å². The second-order valence-electron chi connectivity index (χ2n) is 8.73. The van der Waals surface area contributed by atoms with Crippen LogP contribution < -0.4 is 4.74 Å². The number of carbonyl (C=O) groups is 2. The van der Waals surface area contributed by atoms with Gasteiger partial charge in [-0.3, -0.25) is 9.59 Å². The van der Waals surface area contributed by atoms with Crippen LogP contribution in [0.15, 0.2) is 82.8 Å². The lowest BCUT2D eigenvalue weighted by molar-refractivity contribution is -0.139. The van der Waals surface area contributed by atoms with Crippen LogP contribution in [0.1, 0.15) is 35.2 Å². The minimum atomic E-state index is -0.666. The first kappa shape index (κ1) is 22.4. The molecule has 0 unspecified atom stereocenters. The molecular formula is C28H24BrNO4.